The fraction of sp³-hybridized carbons (Fsp3) is 0.286. The molecule has 0 spiro atoms. The van der Waals surface area contributed by atoms with Gasteiger partial charge in [0.15, 0.2) is 0 Å². The second-order valence-electron chi connectivity index (χ2n) is 4.37. The van der Waals surface area contributed by atoms with E-state index < -0.39 is 18.6 Å². The Hall–Kier alpha value is -1.26. The predicted octanol–water partition coefficient (Wildman–Crippen LogP) is 4.60. The minimum absolute atomic E-state index is 0. The summed E-state index contributed by atoms with van der Waals surface area (Å²) in [4.78, 5) is 0. The van der Waals surface area contributed by atoms with Crippen molar-refractivity contribution < 1.29 is 13.2 Å². The minimum Gasteiger partial charge on any atom is -0.324 e. The maximum Gasteiger partial charge on any atom is 0.389 e. The molecule has 0 aliphatic heterocycles. The Balaban J connectivity index is 0.00000180. The van der Waals surface area contributed by atoms with Crippen LogP contribution in [0.25, 0.3) is 10.8 Å². The minimum atomic E-state index is -4.14. The summed E-state index contributed by atoms with van der Waals surface area (Å²) in [5.41, 5.74) is 6.54. The third-order valence-electron chi connectivity index (χ3n) is 2.94. The molecular weight excluding hydrogens is 275 g/mol. The van der Waals surface area contributed by atoms with Gasteiger partial charge < -0.3 is 5.73 Å². The van der Waals surface area contributed by atoms with Crippen molar-refractivity contribution in [2.45, 2.75) is 25.1 Å². The van der Waals surface area contributed by atoms with Crippen LogP contribution < -0.4 is 5.73 Å². The van der Waals surface area contributed by atoms with Crippen molar-refractivity contribution in [1.82, 2.24) is 0 Å². The van der Waals surface area contributed by atoms with Crippen LogP contribution in [-0.4, -0.2) is 6.18 Å². The molecule has 0 radical (unpaired) electrons. The van der Waals surface area contributed by atoms with E-state index in [0.717, 1.165) is 16.3 Å². The molecule has 0 aromatic heterocycles. The van der Waals surface area contributed by atoms with Crippen molar-refractivity contribution >= 4 is 23.2 Å². The molecule has 1 nitrogen and oxygen atoms in total. The molecular formula is C14H15ClF3N. The summed E-state index contributed by atoms with van der Waals surface area (Å²) >= 11 is 0. The van der Waals surface area contributed by atoms with Gasteiger partial charge in [-0.15, -0.1) is 12.4 Å². The topological polar surface area (TPSA) is 26.0 Å². The first-order valence-electron chi connectivity index (χ1n) is 5.77. The lowest BCUT2D eigenvalue weighted by atomic mass is 9.99. The van der Waals surface area contributed by atoms with Crippen LogP contribution in [0.1, 0.15) is 24.4 Å². The first kappa shape index (κ1) is 15.8. The molecule has 19 heavy (non-hydrogen) atoms. The number of benzene rings is 2. The summed E-state index contributed by atoms with van der Waals surface area (Å²) in [6.07, 6.45) is -5.07. The first-order chi connectivity index (χ1) is 8.46. The molecule has 0 fully saturated rings. The van der Waals surface area contributed by atoms with Gasteiger partial charge in [0.1, 0.15) is 0 Å². The van der Waals surface area contributed by atoms with Crippen LogP contribution in [0.15, 0.2) is 42.5 Å². The van der Waals surface area contributed by atoms with Crippen LogP contribution >= 0.6 is 12.4 Å². The third kappa shape index (κ3) is 4.40. The molecule has 2 aromatic rings. The fourth-order valence-corrected chi connectivity index (χ4v) is 1.92. The molecule has 0 unspecified atom stereocenters. The van der Waals surface area contributed by atoms with Gasteiger partial charge in [-0.1, -0.05) is 36.4 Å². The van der Waals surface area contributed by atoms with Crippen LogP contribution in [0.4, 0.5) is 13.2 Å². The van der Waals surface area contributed by atoms with Crippen molar-refractivity contribution in [1.29, 1.82) is 0 Å². The normalized spacial score (nSPS) is 13.1. The van der Waals surface area contributed by atoms with Gasteiger partial charge in [0.2, 0.25) is 0 Å². The number of rotatable bonds is 3. The summed E-state index contributed by atoms with van der Waals surface area (Å²) in [6.45, 7) is 0. The number of nitrogens with two attached hydrogens (primary N) is 1. The molecule has 0 saturated carbocycles. The average molecular weight is 290 g/mol. The van der Waals surface area contributed by atoms with Crippen LogP contribution in [0.3, 0.4) is 0 Å². The Bertz CT molecular complexity index is 539. The maximum absolute atomic E-state index is 12.1. The third-order valence-corrected chi connectivity index (χ3v) is 2.94. The van der Waals surface area contributed by atoms with Gasteiger partial charge in [-0.2, -0.15) is 13.2 Å². The van der Waals surface area contributed by atoms with Gasteiger partial charge in [0, 0.05) is 12.5 Å². The summed E-state index contributed by atoms with van der Waals surface area (Å²) < 4.78 is 36.4. The van der Waals surface area contributed by atoms with Crippen LogP contribution in [0.5, 0.6) is 0 Å². The van der Waals surface area contributed by atoms with Gasteiger partial charge in [0.05, 0.1) is 0 Å². The van der Waals surface area contributed by atoms with E-state index in [0.29, 0.717) is 0 Å². The van der Waals surface area contributed by atoms with E-state index in [9.17, 15) is 13.2 Å². The molecule has 104 valence electrons. The van der Waals surface area contributed by atoms with Gasteiger partial charge in [0.25, 0.3) is 0 Å². The van der Waals surface area contributed by atoms with Crippen molar-refractivity contribution in [2.75, 3.05) is 0 Å². The van der Waals surface area contributed by atoms with Crippen molar-refractivity contribution in [3.8, 4) is 0 Å². The average Bonchev–Trinajstić information content (AvgIpc) is 2.34. The predicted molar refractivity (Wildman–Crippen MR) is 73.4 cm³/mol. The monoisotopic (exact) mass is 289 g/mol. The number of alkyl halides is 3. The highest BCUT2D eigenvalue weighted by Gasteiger charge is 2.27. The van der Waals surface area contributed by atoms with Crippen molar-refractivity contribution in [3.05, 3.63) is 48.0 Å². The molecule has 0 saturated heterocycles. The highest BCUT2D eigenvalue weighted by atomic mass is 35.5. The zero-order valence-electron chi connectivity index (χ0n) is 10.2. The smallest absolute Gasteiger partial charge is 0.324 e. The van der Waals surface area contributed by atoms with E-state index >= 15 is 0 Å². The SMILES string of the molecule is Cl.N[C@H](CCC(F)(F)F)c1ccc2ccccc2c1. The summed E-state index contributed by atoms with van der Waals surface area (Å²) in [5.74, 6) is 0. The van der Waals surface area contributed by atoms with Crippen LogP contribution in [0, 0.1) is 0 Å². The number of hydrogen-bond donors (Lipinski definition) is 1. The molecule has 0 aliphatic carbocycles. The summed E-state index contributed by atoms with van der Waals surface area (Å²) in [7, 11) is 0. The number of halogens is 4. The molecule has 2 aromatic carbocycles. The number of fused-ring (bicyclic) bond motifs is 1. The van der Waals surface area contributed by atoms with Crippen molar-refractivity contribution in [3.63, 3.8) is 0 Å². The van der Waals surface area contributed by atoms with Gasteiger partial charge in [-0.05, 0) is 28.8 Å². The fourth-order valence-electron chi connectivity index (χ4n) is 1.92. The summed E-state index contributed by atoms with van der Waals surface area (Å²) in [5, 5.41) is 2.06. The van der Waals surface area contributed by atoms with Crippen LogP contribution in [-0.2, 0) is 0 Å². The van der Waals surface area contributed by atoms with Gasteiger partial charge >= 0.3 is 6.18 Å². The quantitative estimate of drug-likeness (QED) is 0.878. The molecule has 2 N–H and O–H groups in total. The van der Waals surface area contributed by atoms with E-state index in [1.807, 2.05) is 36.4 Å². The molecule has 0 heterocycles. The first-order valence-corrected chi connectivity index (χ1v) is 5.77. The Labute approximate surface area is 116 Å². The van der Waals surface area contributed by atoms with Gasteiger partial charge in [-0.3, -0.25) is 0 Å². The second kappa shape index (κ2) is 6.26. The highest BCUT2D eigenvalue weighted by molar-refractivity contribution is 5.85. The van der Waals surface area contributed by atoms with Crippen LogP contribution in [0.2, 0.25) is 0 Å². The Morgan fingerprint density at radius 3 is 2.26 bits per heavy atom. The second-order valence-corrected chi connectivity index (χ2v) is 4.37. The molecule has 0 bridgehead atoms. The lowest BCUT2D eigenvalue weighted by Crippen LogP contribution is -2.15. The van der Waals surface area contributed by atoms with E-state index in [-0.39, 0.29) is 18.8 Å². The van der Waals surface area contributed by atoms with E-state index in [2.05, 4.69) is 0 Å². The van der Waals surface area contributed by atoms with E-state index in [4.69, 9.17) is 5.73 Å². The molecule has 0 aliphatic rings. The molecule has 5 heteroatoms. The molecule has 1 atom stereocenters. The molecule has 2 rings (SSSR count). The lowest BCUT2D eigenvalue weighted by molar-refractivity contribution is -0.136. The Morgan fingerprint density at radius 2 is 1.63 bits per heavy atom. The Kier molecular flexibility index (Phi) is 5.20. The number of hydrogen-bond acceptors (Lipinski definition) is 1. The molecule has 0 amide bonds. The highest BCUT2D eigenvalue weighted by Crippen LogP contribution is 2.27. The maximum atomic E-state index is 12.1. The van der Waals surface area contributed by atoms with E-state index in [1.165, 1.54) is 0 Å². The van der Waals surface area contributed by atoms with Gasteiger partial charge in [-0.25, -0.2) is 0 Å². The lowest BCUT2D eigenvalue weighted by Gasteiger charge is -2.14. The largest absolute Gasteiger partial charge is 0.389 e. The standard InChI is InChI=1S/C14H14F3N.ClH/c15-14(16,17)8-7-13(18)12-6-5-10-3-1-2-4-11(10)9-12;/h1-6,9,13H,7-8,18H2;1H/t13-;/m1./s1. The van der Waals surface area contributed by atoms with Crippen molar-refractivity contribution in [2.24, 2.45) is 5.73 Å². The zero-order valence-corrected chi connectivity index (χ0v) is 11.0. The van der Waals surface area contributed by atoms with E-state index in [1.54, 1.807) is 6.07 Å². The Morgan fingerprint density at radius 1 is 1.00 bits per heavy atom. The summed E-state index contributed by atoms with van der Waals surface area (Å²) in [6, 6.07) is 12.7. The zero-order chi connectivity index (χ0) is 13.2.